The Bertz CT molecular complexity index is 563. The molecule has 128 valence electrons. The Hall–Kier alpha value is -1.38. The lowest BCUT2D eigenvalue weighted by molar-refractivity contribution is 0.0597. The van der Waals surface area contributed by atoms with Gasteiger partial charge >= 0.3 is 0 Å². The highest BCUT2D eigenvalue weighted by atomic mass is 28.3. The summed E-state index contributed by atoms with van der Waals surface area (Å²) in [6.07, 6.45) is 5.10. The van der Waals surface area contributed by atoms with Crippen molar-refractivity contribution in [3.63, 3.8) is 0 Å². The van der Waals surface area contributed by atoms with Gasteiger partial charge in [-0.3, -0.25) is 0 Å². The van der Waals surface area contributed by atoms with E-state index in [1.54, 1.807) is 0 Å². The third-order valence-corrected chi connectivity index (χ3v) is 9.31. The summed E-state index contributed by atoms with van der Waals surface area (Å²) in [4.78, 5) is 0. The van der Waals surface area contributed by atoms with Crippen molar-refractivity contribution in [2.24, 2.45) is 0 Å². The first-order valence-corrected chi connectivity index (χ1v) is 12.7. The molecule has 0 aliphatic carbocycles. The molecule has 3 rings (SSSR count). The van der Waals surface area contributed by atoms with Gasteiger partial charge in [-0.2, -0.15) is 0 Å². The minimum absolute atomic E-state index is 0.503. The summed E-state index contributed by atoms with van der Waals surface area (Å²) < 4.78 is 6.15. The van der Waals surface area contributed by atoms with E-state index in [0.29, 0.717) is 11.6 Å². The second-order valence-electron chi connectivity index (χ2n) is 7.76. The first-order valence-electron chi connectivity index (χ1n) is 9.38. The molecule has 1 nitrogen and oxygen atoms in total. The van der Waals surface area contributed by atoms with Gasteiger partial charge in [-0.05, 0) is 36.8 Å². The molecule has 0 aromatic heterocycles. The first kappa shape index (κ1) is 17.4. The minimum atomic E-state index is -1.35. The molecule has 0 amide bonds. The fourth-order valence-electron chi connectivity index (χ4n) is 3.93. The van der Waals surface area contributed by atoms with E-state index in [1.807, 2.05) is 0 Å². The van der Waals surface area contributed by atoms with Crippen molar-refractivity contribution in [2.75, 3.05) is 6.61 Å². The molecule has 0 N–H and O–H groups in total. The number of rotatable bonds is 6. The predicted octanol–water partition coefficient (Wildman–Crippen LogP) is 6.03. The number of hydrogen-bond donors (Lipinski definition) is 0. The molecule has 2 heteroatoms. The molecular weight excluding hydrogens is 308 g/mol. The SMILES string of the molecule is C[Si](C)(CCC(c1ccccc1)c1ccccc1)C1CCCCO1. The van der Waals surface area contributed by atoms with Crippen molar-refractivity contribution in [1.29, 1.82) is 0 Å². The van der Waals surface area contributed by atoms with Crippen LogP contribution in [-0.2, 0) is 4.74 Å². The molecule has 0 spiro atoms. The molecule has 1 atom stereocenters. The van der Waals surface area contributed by atoms with Crippen LogP contribution in [0.5, 0.6) is 0 Å². The van der Waals surface area contributed by atoms with Crippen LogP contribution >= 0.6 is 0 Å². The lowest BCUT2D eigenvalue weighted by Gasteiger charge is -2.36. The molecule has 1 heterocycles. The van der Waals surface area contributed by atoms with E-state index in [0.717, 1.165) is 6.61 Å². The summed E-state index contributed by atoms with van der Waals surface area (Å²) in [5.41, 5.74) is 3.44. The lowest BCUT2D eigenvalue weighted by atomic mass is 9.89. The molecule has 2 aromatic rings. The summed E-state index contributed by atoms with van der Waals surface area (Å²) in [7, 11) is -1.35. The van der Waals surface area contributed by atoms with E-state index >= 15 is 0 Å². The fourth-order valence-corrected chi connectivity index (χ4v) is 6.84. The van der Waals surface area contributed by atoms with Crippen LogP contribution in [0.3, 0.4) is 0 Å². The van der Waals surface area contributed by atoms with Gasteiger partial charge in [0.25, 0.3) is 0 Å². The second kappa shape index (κ2) is 8.13. The van der Waals surface area contributed by atoms with Crippen LogP contribution in [0.15, 0.2) is 60.7 Å². The van der Waals surface area contributed by atoms with Crippen molar-refractivity contribution < 1.29 is 4.74 Å². The van der Waals surface area contributed by atoms with E-state index in [-0.39, 0.29) is 0 Å². The van der Waals surface area contributed by atoms with Crippen LogP contribution in [0.1, 0.15) is 42.7 Å². The maximum atomic E-state index is 6.15. The molecule has 24 heavy (non-hydrogen) atoms. The van der Waals surface area contributed by atoms with Crippen molar-refractivity contribution in [2.45, 2.75) is 56.5 Å². The topological polar surface area (TPSA) is 9.23 Å². The lowest BCUT2D eigenvalue weighted by Crippen LogP contribution is -2.45. The predicted molar refractivity (Wildman–Crippen MR) is 105 cm³/mol. The number of hydrogen-bond acceptors (Lipinski definition) is 1. The van der Waals surface area contributed by atoms with Crippen molar-refractivity contribution in [1.82, 2.24) is 0 Å². The van der Waals surface area contributed by atoms with Crippen LogP contribution in [0, 0.1) is 0 Å². The zero-order valence-corrected chi connectivity index (χ0v) is 16.1. The van der Waals surface area contributed by atoms with Crippen molar-refractivity contribution in [3.05, 3.63) is 71.8 Å². The smallest absolute Gasteiger partial charge is 0.0815 e. The maximum absolute atomic E-state index is 6.15. The monoisotopic (exact) mass is 338 g/mol. The van der Waals surface area contributed by atoms with Gasteiger partial charge in [0, 0.05) is 18.3 Å². The third-order valence-electron chi connectivity index (χ3n) is 5.53. The van der Waals surface area contributed by atoms with Crippen LogP contribution in [-0.4, -0.2) is 20.4 Å². The average molecular weight is 339 g/mol. The van der Waals surface area contributed by atoms with Crippen LogP contribution in [0.4, 0.5) is 0 Å². The Morgan fingerprint density at radius 3 is 2.00 bits per heavy atom. The van der Waals surface area contributed by atoms with Crippen molar-refractivity contribution >= 4 is 8.07 Å². The molecule has 1 fully saturated rings. The van der Waals surface area contributed by atoms with Gasteiger partial charge in [0.2, 0.25) is 0 Å². The Kier molecular flexibility index (Phi) is 5.91. The first-order chi connectivity index (χ1) is 11.7. The molecule has 1 aliphatic rings. The standard InChI is InChI=1S/C22H30OSi/c1-24(2,22-15-9-10-17-23-22)18-16-21(19-11-5-3-6-12-19)20-13-7-4-8-14-20/h3-8,11-14,21-22H,9-10,15-18H2,1-2H3. The molecule has 0 radical (unpaired) electrons. The normalized spacial score (nSPS) is 18.7. The van der Waals surface area contributed by atoms with E-state index < -0.39 is 8.07 Å². The summed E-state index contributed by atoms with van der Waals surface area (Å²) in [6.45, 7) is 6.02. The van der Waals surface area contributed by atoms with Gasteiger partial charge in [0.05, 0.1) is 8.07 Å². The van der Waals surface area contributed by atoms with E-state index in [1.165, 1.54) is 42.9 Å². The van der Waals surface area contributed by atoms with Gasteiger partial charge in [-0.15, -0.1) is 0 Å². The number of ether oxygens (including phenoxy) is 1. The highest BCUT2D eigenvalue weighted by Crippen LogP contribution is 2.34. The summed E-state index contributed by atoms with van der Waals surface area (Å²) in [6, 6.07) is 23.3. The second-order valence-corrected chi connectivity index (χ2v) is 12.9. The summed E-state index contributed by atoms with van der Waals surface area (Å²) >= 11 is 0. The molecule has 1 saturated heterocycles. The number of benzene rings is 2. The Morgan fingerprint density at radius 2 is 1.50 bits per heavy atom. The largest absolute Gasteiger partial charge is 0.382 e. The molecule has 1 unspecified atom stereocenters. The molecule has 1 aliphatic heterocycles. The van der Waals surface area contributed by atoms with Gasteiger partial charge in [-0.25, -0.2) is 0 Å². The van der Waals surface area contributed by atoms with E-state index in [2.05, 4.69) is 73.8 Å². The van der Waals surface area contributed by atoms with E-state index in [9.17, 15) is 0 Å². The Morgan fingerprint density at radius 1 is 0.917 bits per heavy atom. The van der Waals surface area contributed by atoms with Crippen LogP contribution < -0.4 is 0 Å². The van der Waals surface area contributed by atoms with Gasteiger partial charge in [-0.1, -0.05) is 79.8 Å². The minimum Gasteiger partial charge on any atom is -0.382 e. The van der Waals surface area contributed by atoms with Gasteiger partial charge < -0.3 is 4.74 Å². The zero-order chi connectivity index (χ0) is 16.8. The van der Waals surface area contributed by atoms with Crippen LogP contribution in [0.25, 0.3) is 0 Å². The molecular formula is C22H30OSi. The van der Waals surface area contributed by atoms with Crippen molar-refractivity contribution in [3.8, 4) is 0 Å². The highest BCUT2D eigenvalue weighted by Gasteiger charge is 2.34. The molecule has 2 aromatic carbocycles. The quantitative estimate of drug-likeness (QED) is 0.585. The van der Waals surface area contributed by atoms with Crippen LogP contribution in [0.2, 0.25) is 19.1 Å². The molecule has 0 bridgehead atoms. The van der Waals surface area contributed by atoms with E-state index in [4.69, 9.17) is 4.74 Å². The fraction of sp³-hybridized carbons (Fsp3) is 0.455. The van der Waals surface area contributed by atoms with Gasteiger partial charge in [0.15, 0.2) is 0 Å². The average Bonchev–Trinajstić information content (AvgIpc) is 2.64. The van der Waals surface area contributed by atoms with Gasteiger partial charge in [0.1, 0.15) is 0 Å². The Labute approximate surface area is 148 Å². The third kappa shape index (κ3) is 4.37. The highest BCUT2D eigenvalue weighted by molar-refractivity contribution is 6.78. The zero-order valence-electron chi connectivity index (χ0n) is 15.1. The summed E-state index contributed by atoms with van der Waals surface area (Å²) in [5, 5.41) is 0. The summed E-state index contributed by atoms with van der Waals surface area (Å²) in [5.74, 6) is 0.503. The maximum Gasteiger partial charge on any atom is 0.0815 e. The molecule has 0 saturated carbocycles. The Balaban J connectivity index is 1.75.